The van der Waals surface area contributed by atoms with Crippen LogP contribution in [0.25, 0.3) is 5.65 Å². The average molecular weight is 441 g/mol. The summed E-state index contributed by atoms with van der Waals surface area (Å²) in [4.78, 5) is 22.8. The Labute approximate surface area is 189 Å². The highest BCUT2D eigenvalue weighted by molar-refractivity contribution is 5.80. The van der Waals surface area contributed by atoms with Crippen molar-refractivity contribution in [1.29, 1.82) is 0 Å². The number of nitrogens with two attached hydrogens (primary N) is 2. The molecule has 3 aliphatic rings. The fraction of sp³-hybridized carbons (Fsp3) is 0.696. The largest absolute Gasteiger partial charge is 0.355 e. The molecule has 2 aromatic rings. The zero-order chi connectivity index (χ0) is 22.4. The lowest BCUT2D eigenvalue weighted by Crippen LogP contribution is -2.56. The predicted molar refractivity (Wildman–Crippen MR) is 124 cm³/mol. The van der Waals surface area contributed by atoms with E-state index in [0.717, 1.165) is 81.0 Å². The van der Waals surface area contributed by atoms with Gasteiger partial charge in [-0.1, -0.05) is 6.92 Å². The summed E-state index contributed by atoms with van der Waals surface area (Å²) in [5, 5.41) is 8.17. The van der Waals surface area contributed by atoms with Crippen LogP contribution in [0.2, 0.25) is 0 Å². The molecule has 5 rings (SSSR count). The average Bonchev–Trinajstić information content (AvgIpc) is 3.40. The van der Waals surface area contributed by atoms with Crippen LogP contribution in [0.5, 0.6) is 0 Å². The number of aryl methyl sites for hydroxylation is 1. The van der Waals surface area contributed by atoms with Crippen molar-refractivity contribution >= 4 is 17.4 Å². The molecule has 3 aliphatic heterocycles. The number of rotatable bonds is 3. The number of hydrogen-bond donors (Lipinski definition) is 3. The molecule has 0 saturated carbocycles. The first-order valence-electron chi connectivity index (χ1n) is 12.1. The topological polar surface area (TPSA) is 118 Å². The number of likely N-dealkylation sites (tertiary alicyclic amines) is 1. The molecule has 0 spiro atoms. The first-order chi connectivity index (χ1) is 15.4. The van der Waals surface area contributed by atoms with Crippen molar-refractivity contribution in [2.75, 3.05) is 31.1 Å². The van der Waals surface area contributed by atoms with Gasteiger partial charge in [0.1, 0.15) is 5.82 Å². The number of amides is 1. The predicted octanol–water partition coefficient (Wildman–Crippen LogP) is 1.16. The van der Waals surface area contributed by atoms with Crippen molar-refractivity contribution in [3.63, 3.8) is 0 Å². The Morgan fingerprint density at radius 1 is 1.22 bits per heavy atom. The lowest BCUT2D eigenvalue weighted by molar-refractivity contribution is -0.142. The van der Waals surface area contributed by atoms with Crippen molar-refractivity contribution in [1.82, 2.24) is 24.8 Å². The number of fused-ring (bicyclic) bond motifs is 1. The second-order valence-electron chi connectivity index (χ2n) is 10.0. The summed E-state index contributed by atoms with van der Waals surface area (Å²) in [5.41, 5.74) is 15.2. The molecule has 5 heterocycles. The number of piperidine rings is 2. The van der Waals surface area contributed by atoms with Crippen LogP contribution >= 0.6 is 0 Å². The van der Waals surface area contributed by atoms with Gasteiger partial charge in [0.2, 0.25) is 5.91 Å². The number of carbonyl (C=O) groups excluding carboxylic acids is 1. The molecular formula is C23H36N8O. The Balaban J connectivity index is 1.43. The van der Waals surface area contributed by atoms with Crippen LogP contribution in [0.15, 0.2) is 12.3 Å². The van der Waals surface area contributed by atoms with Crippen LogP contribution in [0.3, 0.4) is 0 Å². The fourth-order valence-electron chi connectivity index (χ4n) is 5.60. The van der Waals surface area contributed by atoms with Crippen LogP contribution in [0.1, 0.15) is 56.3 Å². The minimum atomic E-state index is -0.277. The third-order valence-corrected chi connectivity index (χ3v) is 7.38. The van der Waals surface area contributed by atoms with E-state index in [4.69, 9.17) is 21.5 Å². The summed E-state index contributed by atoms with van der Waals surface area (Å²) in [7, 11) is 0. The molecule has 3 saturated heterocycles. The lowest BCUT2D eigenvalue weighted by atomic mass is 9.87. The molecule has 0 radical (unpaired) electrons. The van der Waals surface area contributed by atoms with E-state index < -0.39 is 0 Å². The van der Waals surface area contributed by atoms with Crippen molar-refractivity contribution in [3.05, 3.63) is 23.5 Å². The number of carbonyl (C=O) groups is 1. The van der Waals surface area contributed by atoms with E-state index in [1.807, 2.05) is 15.6 Å². The fourth-order valence-corrected chi connectivity index (χ4v) is 5.60. The third kappa shape index (κ3) is 3.97. The van der Waals surface area contributed by atoms with Gasteiger partial charge in [0.05, 0.1) is 23.8 Å². The summed E-state index contributed by atoms with van der Waals surface area (Å²) in [6.07, 6.45) is 6.64. The Kier molecular flexibility index (Phi) is 5.81. The van der Waals surface area contributed by atoms with Crippen molar-refractivity contribution in [3.8, 4) is 0 Å². The van der Waals surface area contributed by atoms with Crippen LogP contribution in [0, 0.1) is 18.8 Å². The maximum Gasteiger partial charge on any atom is 0.229 e. The van der Waals surface area contributed by atoms with Gasteiger partial charge in [-0.3, -0.25) is 4.79 Å². The summed E-state index contributed by atoms with van der Waals surface area (Å²) in [6, 6.07) is 2.24. The molecular weight excluding hydrogens is 404 g/mol. The highest BCUT2D eigenvalue weighted by Gasteiger charge is 2.38. The first-order valence-corrected chi connectivity index (χ1v) is 12.1. The molecule has 0 aromatic carbocycles. The van der Waals surface area contributed by atoms with Crippen LogP contribution in [-0.4, -0.2) is 63.8 Å². The Morgan fingerprint density at radius 3 is 2.84 bits per heavy atom. The molecule has 174 valence electrons. The van der Waals surface area contributed by atoms with Crippen molar-refractivity contribution < 1.29 is 4.79 Å². The number of nitrogens with one attached hydrogen (secondary N) is 1. The van der Waals surface area contributed by atoms with E-state index in [1.165, 1.54) is 0 Å². The van der Waals surface area contributed by atoms with Gasteiger partial charge in [-0.05, 0) is 51.5 Å². The molecule has 3 unspecified atom stereocenters. The molecule has 2 aromatic heterocycles. The van der Waals surface area contributed by atoms with Gasteiger partial charge < -0.3 is 26.6 Å². The van der Waals surface area contributed by atoms with Crippen molar-refractivity contribution in [2.45, 2.75) is 64.2 Å². The monoisotopic (exact) mass is 440 g/mol. The van der Waals surface area contributed by atoms with Gasteiger partial charge in [-0.2, -0.15) is 5.10 Å². The third-order valence-electron chi connectivity index (χ3n) is 7.38. The normalized spacial score (nSPS) is 31.4. The highest BCUT2D eigenvalue weighted by atomic mass is 16.2. The number of nitrogens with zero attached hydrogens (tertiary/aromatic N) is 5. The Hall–Kier alpha value is -2.23. The molecule has 9 heteroatoms. The summed E-state index contributed by atoms with van der Waals surface area (Å²) < 4.78 is 1.86. The number of hydrogen-bond acceptors (Lipinski definition) is 7. The maximum atomic E-state index is 13.6. The van der Waals surface area contributed by atoms with Crippen molar-refractivity contribution in [2.24, 2.45) is 23.3 Å². The molecule has 0 bridgehead atoms. The zero-order valence-electron chi connectivity index (χ0n) is 19.2. The van der Waals surface area contributed by atoms with Gasteiger partial charge in [-0.25, -0.2) is 9.50 Å². The second kappa shape index (κ2) is 8.61. The van der Waals surface area contributed by atoms with Crippen LogP contribution in [-0.2, 0) is 4.79 Å². The number of anilines is 1. The highest BCUT2D eigenvalue weighted by Crippen LogP contribution is 2.34. The van der Waals surface area contributed by atoms with Gasteiger partial charge in [0.15, 0.2) is 5.65 Å². The summed E-state index contributed by atoms with van der Waals surface area (Å²) in [5.74, 6) is 1.42. The second-order valence-corrected chi connectivity index (χ2v) is 10.0. The minimum Gasteiger partial charge on any atom is -0.355 e. The van der Waals surface area contributed by atoms with E-state index in [2.05, 4.69) is 30.1 Å². The van der Waals surface area contributed by atoms with E-state index in [0.29, 0.717) is 5.92 Å². The quantitative estimate of drug-likeness (QED) is 0.655. The molecule has 5 atom stereocenters. The van der Waals surface area contributed by atoms with Crippen LogP contribution in [0.4, 0.5) is 5.82 Å². The Morgan fingerprint density at radius 2 is 2.06 bits per heavy atom. The number of aromatic nitrogens is 3. The lowest BCUT2D eigenvalue weighted by Gasteiger charge is -2.40. The van der Waals surface area contributed by atoms with Crippen LogP contribution < -0.4 is 21.7 Å². The SMILES string of the molecule is Cc1cn2nc([C@@H]3CCCCN3C(=O)C3CC(C)CNC3N)cc2nc1N1CC[C@H](N)C1. The smallest absolute Gasteiger partial charge is 0.229 e. The molecule has 32 heavy (non-hydrogen) atoms. The molecule has 1 amide bonds. The van der Waals surface area contributed by atoms with Gasteiger partial charge in [-0.15, -0.1) is 0 Å². The van der Waals surface area contributed by atoms with Gasteiger partial charge in [0.25, 0.3) is 0 Å². The summed E-state index contributed by atoms with van der Waals surface area (Å²) >= 11 is 0. The van der Waals surface area contributed by atoms with Gasteiger partial charge in [0, 0.05) is 43.5 Å². The Bertz CT molecular complexity index is 990. The molecule has 0 aliphatic carbocycles. The molecule has 3 fully saturated rings. The minimum absolute atomic E-state index is 0.0219. The van der Waals surface area contributed by atoms with Gasteiger partial charge >= 0.3 is 0 Å². The van der Waals surface area contributed by atoms with E-state index in [1.54, 1.807) is 0 Å². The van der Waals surface area contributed by atoms with E-state index >= 15 is 0 Å². The van der Waals surface area contributed by atoms with E-state index in [9.17, 15) is 4.79 Å². The zero-order valence-corrected chi connectivity index (χ0v) is 19.2. The molecule has 5 N–H and O–H groups in total. The summed E-state index contributed by atoms with van der Waals surface area (Å²) in [6.45, 7) is 7.65. The van der Waals surface area contributed by atoms with E-state index in [-0.39, 0.29) is 30.1 Å². The standard InChI is InChI=1S/C23H36N8O/c1-14-9-17(21(25)26-11-14)23(32)30-7-4-3-5-19(30)18-10-20-27-22(15(2)12-31(20)28-18)29-8-6-16(24)13-29/h10,12,14,16-17,19,21,26H,3-9,11,13,24-25H2,1-2H3/t14?,16-,17?,19-,21?/m0/s1. The molecule has 9 nitrogen and oxygen atoms in total. The maximum absolute atomic E-state index is 13.6. The first kappa shape index (κ1) is 21.6.